The van der Waals surface area contributed by atoms with Gasteiger partial charge in [-0.05, 0) is 5.92 Å². The minimum atomic E-state index is 0.477. The molecule has 2 atom stereocenters. The Kier molecular flexibility index (Phi) is 3.76. The lowest BCUT2D eigenvalue weighted by molar-refractivity contribution is 0.605. The first kappa shape index (κ1) is 7.51. The van der Waals surface area contributed by atoms with Gasteiger partial charge >= 0.3 is 0 Å². The standard InChI is InChI=1S/C5H13ClSi/c1-3-4(2)5(6)7/h4-5H,3H2,1-2,7H3. The van der Waals surface area contributed by atoms with Gasteiger partial charge in [0.05, 0.1) is 0 Å². The van der Waals surface area contributed by atoms with Gasteiger partial charge in [-0.3, -0.25) is 0 Å². The van der Waals surface area contributed by atoms with Gasteiger partial charge in [-0.1, -0.05) is 20.3 Å². The summed E-state index contributed by atoms with van der Waals surface area (Å²) < 4.78 is 0. The van der Waals surface area contributed by atoms with Crippen molar-refractivity contribution in [3.05, 3.63) is 0 Å². The smallest absolute Gasteiger partial charge is 0.0258 e. The van der Waals surface area contributed by atoms with E-state index in [4.69, 9.17) is 11.6 Å². The van der Waals surface area contributed by atoms with E-state index in [0.29, 0.717) is 5.00 Å². The zero-order valence-electron chi connectivity index (χ0n) is 5.24. The molecule has 0 radical (unpaired) electrons. The highest BCUT2D eigenvalue weighted by Gasteiger charge is 2.03. The van der Waals surface area contributed by atoms with Crippen LogP contribution in [-0.4, -0.2) is 15.2 Å². The highest BCUT2D eigenvalue weighted by Crippen LogP contribution is 2.08. The molecule has 7 heavy (non-hydrogen) atoms. The molecule has 2 unspecified atom stereocenters. The Morgan fingerprint density at radius 2 is 2.14 bits per heavy atom. The van der Waals surface area contributed by atoms with Gasteiger partial charge in [0, 0.05) is 15.2 Å². The Hall–Kier alpha value is 0.507. The van der Waals surface area contributed by atoms with Gasteiger partial charge in [0.15, 0.2) is 0 Å². The predicted molar refractivity (Wildman–Crippen MR) is 39.0 cm³/mol. The van der Waals surface area contributed by atoms with Gasteiger partial charge < -0.3 is 0 Å². The van der Waals surface area contributed by atoms with Crippen molar-refractivity contribution in [3.63, 3.8) is 0 Å². The molecule has 0 saturated heterocycles. The van der Waals surface area contributed by atoms with Gasteiger partial charge in [-0.15, -0.1) is 11.6 Å². The molecule has 0 bridgehead atoms. The summed E-state index contributed by atoms with van der Waals surface area (Å²) in [6, 6.07) is 0. The van der Waals surface area contributed by atoms with E-state index in [1.54, 1.807) is 0 Å². The van der Waals surface area contributed by atoms with Gasteiger partial charge in [-0.2, -0.15) is 0 Å². The van der Waals surface area contributed by atoms with E-state index in [1.807, 2.05) is 0 Å². The third-order valence-corrected chi connectivity index (χ3v) is 3.00. The van der Waals surface area contributed by atoms with E-state index in [0.717, 1.165) is 16.2 Å². The molecular formula is C5H13ClSi. The van der Waals surface area contributed by atoms with Crippen molar-refractivity contribution in [1.82, 2.24) is 0 Å². The molecule has 0 aromatic rings. The molecule has 0 heterocycles. The lowest BCUT2D eigenvalue weighted by Crippen LogP contribution is -2.08. The van der Waals surface area contributed by atoms with Crippen molar-refractivity contribution < 1.29 is 0 Å². The topological polar surface area (TPSA) is 0 Å². The Morgan fingerprint density at radius 1 is 1.71 bits per heavy atom. The Labute approximate surface area is 53.7 Å². The third-order valence-electron chi connectivity index (χ3n) is 1.43. The Morgan fingerprint density at radius 3 is 2.14 bits per heavy atom. The summed E-state index contributed by atoms with van der Waals surface area (Å²) in [5.41, 5.74) is 0. The monoisotopic (exact) mass is 136 g/mol. The zero-order valence-corrected chi connectivity index (χ0v) is 8.00. The molecule has 0 amide bonds. The first-order valence-electron chi connectivity index (χ1n) is 2.82. The largest absolute Gasteiger partial charge is 0.127 e. The maximum atomic E-state index is 5.79. The summed E-state index contributed by atoms with van der Waals surface area (Å²) in [4.78, 5) is 0. The summed E-state index contributed by atoms with van der Waals surface area (Å²) in [5.74, 6) is 0.730. The molecule has 0 fully saturated rings. The first-order valence-corrected chi connectivity index (χ1v) is 4.41. The summed E-state index contributed by atoms with van der Waals surface area (Å²) in [6.45, 7) is 4.38. The van der Waals surface area contributed by atoms with Crippen molar-refractivity contribution in [1.29, 1.82) is 0 Å². The van der Waals surface area contributed by atoms with Gasteiger partial charge in [-0.25, -0.2) is 0 Å². The van der Waals surface area contributed by atoms with Crippen molar-refractivity contribution in [2.75, 3.05) is 0 Å². The highest BCUT2D eigenvalue weighted by molar-refractivity contribution is 6.40. The van der Waals surface area contributed by atoms with Crippen LogP contribution in [0.25, 0.3) is 0 Å². The van der Waals surface area contributed by atoms with E-state index in [2.05, 4.69) is 13.8 Å². The predicted octanol–water partition coefficient (Wildman–Crippen LogP) is 0.963. The maximum Gasteiger partial charge on any atom is 0.0258 e. The fourth-order valence-electron chi connectivity index (χ4n) is 0.325. The van der Waals surface area contributed by atoms with E-state index in [1.165, 1.54) is 6.42 Å². The molecule has 0 nitrogen and oxygen atoms in total. The molecule has 0 aromatic carbocycles. The molecule has 0 aromatic heterocycles. The van der Waals surface area contributed by atoms with Crippen molar-refractivity contribution in [2.45, 2.75) is 25.3 Å². The molecular weight excluding hydrogens is 124 g/mol. The minimum Gasteiger partial charge on any atom is -0.127 e. The van der Waals surface area contributed by atoms with Crippen molar-refractivity contribution in [2.24, 2.45) is 5.92 Å². The van der Waals surface area contributed by atoms with Crippen LogP contribution in [0.1, 0.15) is 20.3 Å². The van der Waals surface area contributed by atoms with E-state index in [-0.39, 0.29) is 0 Å². The summed E-state index contributed by atoms with van der Waals surface area (Å²) >= 11 is 5.79. The molecule has 0 aliphatic carbocycles. The fraction of sp³-hybridized carbons (Fsp3) is 1.00. The maximum absolute atomic E-state index is 5.79. The van der Waals surface area contributed by atoms with Crippen LogP contribution in [0.5, 0.6) is 0 Å². The summed E-state index contributed by atoms with van der Waals surface area (Å²) in [7, 11) is 1.13. The number of hydrogen-bond acceptors (Lipinski definition) is 0. The number of halogens is 1. The molecule has 0 N–H and O–H groups in total. The quantitative estimate of drug-likeness (QED) is 0.392. The molecule has 0 aliphatic rings. The number of hydrogen-bond donors (Lipinski definition) is 0. The van der Waals surface area contributed by atoms with Gasteiger partial charge in [0.1, 0.15) is 0 Å². The average Bonchev–Trinajstić information content (AvgIpc) is 1.65. The Bertz CT molecular complexity index is 45.3. The van der Waals surface area contributed by atoms with Crippen LogP contribution in [0, 0.1) is 5.92 Å². The highest BCUT2D eigenvalue weighted by atomic mass is 35.5. The molecule has 0 spiro atoms. The average molecular weight is 137 g/mol. The van der Waals surface area contributed by atoms with Crippen molar-refractivity contribution >= 4 is 21.8 Å². The van der Waals surface area contributed by atoms with Crippen LogP contribution < -0.4 is 0 Å². The van der Waals surface area contributed by atoms with Crippen LogP contribution in [0.3, 0.4) is 0 Å². The van der Waals surface area contributed by atoms with Gasteiger partial charge in [0.25, 0.3) is 0 Å². The van der Waals surface area contributed by atoms with Crippen LogP contribution in [-0.2, 0) is 0 Å². The third kappa shape index (κ3) is 3.12. The molecule has 0 rings (SSSR count). The van der Waals surface area contributed by atoms with E-state index >= 15 is 0 Å². The fourth-order valence-corrected chi connectivity index (χ4v) is 0.974. The van der Waals surface area contributed by atoms with Crippen molar-refractivity contribution in [3.8, 4) is 0 Å². The van der Waals surface area contributed by atoms with Gasteiger partial charge in [0.2, 0.25) is 0 Å². The number of alkyl halides is 1. The molecule has 2 heteroatoms. The second kappa shape index (κ2) is 3.50. The second-order valence-electron chi connectivity index (χ2n) is 2.06. The van der Waals surface area contributed by atoms with Crippen LogP contribution >= 0.6 is 11.6 Å². The number of rotatable bonds is 2. The summed E-state index contributed by atoms with van der Waals surface area (Å²) in [6.07, 6.45) is 1.22. The van der Waals surface area contributed by atoms with Crippen LogP contribution in [0.2, 0.25) is 0 Å². The van der Waals surface area contributed by atoms with Crippen LogP contribution in [0.15, 0.2) is 0 Å². The second-order valence-corrected chi connectivity index (χ2v) is 4.73. The van der Waals surface area contributed by atoms with Crippen LogP contribution in [0.4, 0.5) is 0 Å². The van der Waals surface area contributed by atoms with E-state index < -0.39 is 0 Å². The molecule has 44 valence electrons. The zero-order chi connectivity index (χ0) is 5.86. The summed E-state index contributed by atoms with van der Waals surface area (Å²) in [5, 5.41) is 0.477. The van der Waals surface area contributed by atoms with E-state index in [9.17, 15) is 0 Å². The Balaban J connectivity index is 3.14. The molecule has 0 aliphatic heterocycles. The molecule has 0 saturated carbocycles. The normalized spacial score (nSPS) is 19.3. The lowest BCUT2D eigenvalue weighted by atomic mass is 10.2. The first-order chi connectivity index (χ1) is 3.18. The SMILES string of the molecule is CCC(C)C([SiH3])Cl. The lowest BCUT2D eigenvalue weighted by Gasteiger charge is -2.08. The minimum absolute atomic E-state index is 0.477.